The van der Waals surface area contributed by atoms with Crippen LogP contribution in [-0.2, 0) is 0 Å². The van der Waals surface area contributed by atoms with Crippen molar-refractivity contribution in [3.8, 4) is 0 Å². The zero-order valence-corrected chi connectivity index (χ0v) is 11.1. The second kappa shape index (κ2) is 6.02. The summed E-state index contributed by atoms with van der Waals surface area (Å²) in [6.45, 7) is 1.94. The fourth-order valence-electron chi connectivity index (χ4n) is 2.78. The molecule has 1 fully saturated rings. The van der Waals surface area contributed by atoms with Crippen molar-refractivity contribution in [2.45, 2.75) is 38.6 Å². The van der Waals surface area contributed by atoms with E-state index in [1.807, 2.05) is 0 Å². The summed E-state index contributed by atoms with van der Waals surface area (Å²) < 4.78 is 0. The van der Waals surface area contributed by atoms with Crippen LogP contribution in [0.3, 0.4) is 0 Å². The molecule has 5 heteroatoms. The van der Waals surface area contributed by atoms with Gasteiger partial charge < -0.3 is 10.4 Å². The number of anilines is 1. The van der Waals surface area contributed by atoms with Gasteiger partial charge in [-0.1, -0.05) is 12.8 Å². The zero-order valence-electron chi connectivity index (χ0n) is 11.1. The topological polar surface area (TPSA) is 75.4 Å². The Hall–Kier alpha value is -1.62. The Kier molecular flexibility index (Phi) is 4.37. The van der Waals surface area contributed by atoms with E-state index < -0.39 is 0 Å². The number of nitrogens with zero attached hydrogens (tertiary/aromatic N) is 1. The largest absolute Gasteiger partial charge is 0.396 e. The number of aliphatic hydroxyl groups is 1. The monoisotopic (exact) mass is 264 g/mol. The molecule has 1 saturated carbocycles. The fourth-order valence-corrected chi connectivity index (χ4v) is 2.78. The standard InChI is InChI=1S/C14H20N2O3/c1-10-8-12(6-7-14(10)16(18)19)15-13-5-3-2-4-11(13)9-17/h6-8,11,13,15,17H,2-5,9H2,1H3. The normalized spacial score (nSPS) is 23.1. The van der Waals surface area contributed by atoms with Gasteiger partial charge in [0.05, 0.1) is 4.92 Å². The first-order chi connectivity index (χ1) is 9.11. The molecule has 2 unspecified atom stereocenters. The number of nitro groups is 1. The highest BCUT2D eigenvalue weighted by Gasteiger charge is 2.24. The van der Waals surface area contributed by atoms with Gasteiger partial charge in [-0.3, -0.25) is 10.1 Å². The fraction of sp³-hybridized carbons (Fsp3) is 0.571. The van der Waals surface area contributed by atoms with Gasteiger partial charge in [0.25, 0.3) is 5.69 Å². The van der Waals surface area contributed by atoms with Gasteiger partial charge in [0.15, 0.2) is 0 Å². The average Bonchev–Trinajstić information content (AvgIpc) is 2.39. The zero-order chi connectivity index (χ0) is 13.8. The van der Waals surface area contributed by atoms with Crippen molar-refractivity contribution in [3.63, 3.8) is 0 Å². The van der Waals surface area contributed by atoms with Gasteiger partial charge in [0, 0.05) is 35.9 Å². The van der Waals surface area contributed by atoms with Crippen molar-refractivity contribution in [1.82, 2.24) is 0 Å². The summed E-state index contributed by atoms with van der Waals surface area (Å²) in [6.07, 6.45) is 4.42. The average molecular weight is 264 g/mol. The quantitative estimate of drug-likeness (QED) is 0.647. The lowest BCUT2D eigenvalue weighted by molar-refractivity contribution is -0.385. The Morgan fingerprint density at radius 2 is 2.16 bits per heavy atom. The van der Waals surface area contributed by atoms with Crippen LogP contribution >= 0.6 is 0 Å². The third-order valence-corrected chi connectivity index (χ3v) is 3.89. The van der Waals surface area contributed by atoms with Crippen LogP contribution in [0, 0.1) is 23.0 Å². The first kappa shape index (κ1) is 13.8. The molecule has 0 heterocycles. The molecule has 5 nitrogen and oxygen atoms in total. The van der Waals surface area contributed by atoms with E-state index in [9.17, 15) is 15.2 Å². The Balaban J connectivity index is 2.10. The lowest BCUT2D eigenvalue weighted by atomic mass is 9.85. The maximum atomic E-state index is 10.8. The van der Waals surface area contributed by atoms with Gasteiger partial charge in [-0.25, -0.2) is 0 Å². The van der Waals surface area contributed by atoms with Crippen LogP contribution in [0.5, 0.6) is 0 Å². The van der Waals surface area contributed by atoms with E-state index >= 15 is 0 Å². The van der Waals surface area contributed by atoms with Crippen molar-refractivity contribution in [1.29, 1.82) is 0 Å². The van der Waals surface area contributed by atoms with E-state index in [0.29, 0.717) is 5.56 Å². The molecule has 0 saturated heterocycles. The minimum absolute atomic E-state index is 0.146. The summed E-state index contributed by atoms with van der Waals surface area (Å²) in [5.41, 5.74) is 1.70. The molecule has 0 aliphatic heterocycles. The molecule has 0 spiro atoms. The first-order valence-electron chi connectivity index (χ1n) is 6.74. The first-order valence-corrected chi connectivity index (χ1v) is 6.74. The van der Waals surface area contributed by atoms with Crippen LogP contribution in [0.1, 0.15) is 31.2 Å². The highest BCUT2D eigenvalue weighted by atomic mass is 16.6. The molecule has 2 N–H and O–H groups in total. The summed E-state index contributed by atoms with van der Waals surface area (Å²) in [7, 11) is 0. The molecule has 1 aromatic carbocycles. The second-order valence-electron chi connectivity index (χ2n) is 5.24. The second-order valence-corrected chi connectivity index (χ2v) is 5.24. The summed E-state index contributed by atoms with van der Waals surface area (Å²) in [5, 5.41) is 23.6. The van der Waals surface area contributed by atoms with Gasteiger partial charge in [0.2, 0.25) is 0 Å². The van der Waals surface area contributed by atoms with Gasteiger partial charge in [-0.05, 0) is 31.9 Å². The van der Waals surface area contributed by atoms with Crippen molar-refractivity contribution < 1.29 is 10.0 Å². The Morgan fingerprint density at radius 1 is 1.42 bits per heavy atom. The SMILES string of the molecule is Cc1cc(NC2CCCCC2CO)ccc1[N+](=O)[O-]. The molecule has 2 atom stereocenters. The molecule has 0 amide bonds. The lowest BCUT2D eigenvalue weighted by Gasteiger charge is -2.31. The van der Waals surface area contributed by atoms with Gasteiger partial charge in [-0.2, -0.15) is 0 Å². The molecule has 1 aliphatic rings. The molecule has 2 rings (SSSR count). The number of nitrogens with one attached hydrogen (secondary N) is 1. The van der Waals surface area contributed by atoms with Crippen molar-refractivity contribution in [3.05, 3.63) is 33.9 Å². The predicted molar refractivity (Wildman–Crippen MR) is 74.3 cm³/mol. The molecule has 1 aliphatic carbocycles. The summed E-state index contributed by atoms with van der Waals surface area (Å²) >= 11 is 0. The number of rotatable bonds is 4. The molecule has 104 valence electrons. The van der Waals surface area contributed by atoms with E-state index in [1.165, 1.54) is 18.9 Å². The molecule has 0 bridgehead atoms. The minimum Gasteiger partial charge on any atom is -0.396 e. The number of benzene rings is 1. The van der Waals surface area contributed by atoms with Crippen molar-refractivity contribution in [2.24, 2.45) is 5.92 Å². The van der Waals surface area contributed by atoms with Crippen LogP contribution < -0.4 is 5.32 Å². The van der Waals surface area contributed by atoms with Crippen LogP contribution in [0.15, 0.2) is 18.2 Å². The molecule has 0 aromatic heterocycles. The predicted octanol–water partition coefficient (Wildman–Crippen LogP) is 2.87. The maximum absolute atomic E-state index is 10.8. The van der Waals surface area contributed by atoms with E-state index in [0.717, 1.165) is 18.5 Å². The Labute approximate surface area is 112 Å². The van der Waals surface area contributed by atoms with Crippen LogP contribution in [0.25, 0.3) is 0 Å². The third-order valence-electron chi connectivity index (χ3n) is 3.89. The number of hydrogen-bond donors (Lipinski definition) is 2. The minimum atomic E-state index is -0.365. The molecular weight excluding hydrogens is 244 g/mol. The van der Waals surface area contributed by atoms with Crippen molar-refractivity contribution in [2.75, 3.05) is 11.9 Å². The van der Waals surface area contributed by atoms with Crippen LogP contribution in [0.4, 0.5) is 11.4 Å². The van der Waals surface area contributed by atoms with Gasteiger partial charge in [0.1, 0.15) is 0 Å². The molecule has 19 heavy (non-hydrogen) atoms. The number of aryl methyl sites for hydroxylation is 1. The van der Waals surface area contributed by atoms with Crippen molar-refractivity contribution >= 4 is 11.4 Å². The van der Waals surface area contributed by atoms with Crippen LogP contribution in [-0.4, -0.2) is 22.7 Å². The third kappa shape index (κ3) is 3.23. The highest BCUT2D eigenvalue weighted by Crippen LogP contribution is 2.28. The maximum Gasteiger partial charge on any atom is 0.272 e. The smallest absolute Gasteiger partial charge is 0.272 e. The summed E-state index contributed by atoms with van der Waals surface area (Å²) in [5.74, 6) is 0.282. The molecule has 0 radical (unpaired) electrons. The van der Waals surface area contributed by atoms with Crippen LogP contribution in [0.2, 0.25) is 0 Å². The lowest BCUT2D eigenvalue weighted by Crippen LogP contribution is -2.34. The molecular formula is C14H20N2O3. The Morgan fingerprint density at radius 3 is 2.79 bits per heavy atom. The Bertz CT molecular complexity index is 462. The summed E-state index contributed by atoms with van der Waals surface area (Å²) in [6, 6.07) is 5.35. The van der Waals surface area contributed by atoms with Gasteiger partial charge >= 0.3 is 0 Å². The summed E-state index contributed by atoms with van der Waals surface area (Å²) in [4.78, 5) is 10.4. The highest BCUT2D eigenvalue weighted by molar-refractivity contribution is 5.54. The van der Waals surface area contributed by atoms with E-state index in [4.69, 9.17) is 0 Å². The van der Waals surface area contributed by atoms with E-state index in [-0.39, 0.29) is 29.2 Å². The van der Waals surface area contributed by atoms with Gasteiger partial charge in [-0.15, -0.1) is 0 Å². The van der Waals surface area contributed by atoms with E-state index in [2.05, 4.69) is 5.32 Å². The number of aliphatic hydroxyl groups excluding tert-OH is 1. The number of hydrogen-bond acceptors (Lipinski definition) is 4. The van der Waals surface area contributed by atoms with E-state index in [1.54, 1.807) is 19.1 Å². The number of nitro benzene ring substituents is 1. The molecule has 1 aromatic rings.